The monoisotopic (exact) mass is 1160 g/mol. The van der Waals surface area contributed by atoms with E-state index in [0.29, 0.717) is 41.6 Å². The lowest BCUT2D eigenvalue weighted by molar-refractivity contribution is -0.384. The minimum Gasteiger partial charge on any atom is -0.488 e. The minimum atomic E-state index is -4.83. The second-order valence-corrected chi connectivity index (χ2v) is 23.1. The summed E-state index contributed by atoms with van der Waals surface area (Å²) in [6.07, 6.45) is -13.0. The molecule has 8 rings (SSSR count). The lowest BCUT2D eigenvalue weighted by Gasteiger charge is -2.42. The van der Waals surface area contributed by atoms with Crippen molar-refractivity contribution in [2.45, 2.75) is 165 Å². The molecule has 5 atom stereocenters. The van der Waals surface area contributed by atoms with Gasteiger partial charge in [0.05, 0.1) is 34.2 Å². The first-order valence-electron chi connectivity index (χ1n) is 25.3. The van der Waals surface area contributed by atoms with Crippen LogP contribution in [0.25, 0.3) is 10.9 Å². The molecule has 3 aromatic rings. The van der Waals surface area contributed by atoms with Gasteiger partial charge >= 0.3 is 34.9 Å². The third-order valence-corrected chi connectivity index (χ3v) is 15.9. The average Bonchev–Trinajstić information content (AvgIpc) is 4.38. The molecule has 0 radical (unpaired) electrons. The molecule has 4 amide bonds. The average molecular weight is 1170 g/mol. The number of para-hydroxylation sites is 1. The van der Waals surface area contributed by atoms with Crippen LogP contribution >= 0.6 is 11.6 Å². The van der Waals surface area contributed by atoms with Gasteiger partial charge in [0.15, 0.2) is 0 Å². The highest BCUT2D eigenvalue weighted by atomic mass is 35.5. The minimum absolute atomic E-state index is 0.0946. The van der Waals surface area contributed by atoms with E-state index in [2.05, 4.69) is 25.1 Å². The van der Waals surface area contributed by atoms with Crippen LogP contribution in [0.2, 0.25) is 5.02 Å². The van der Waals surface area contributed by atoms with E-state index in [9.17, 15) is 68.8 Å². The quantitative estimate of drug-likeness (QED) is 0.0374. The highest BCUT2D eigenvalue weighted by Gasteiger charge is 2.64. The van der Waals surface area contributed by atoms with Gasteiger partial charge in [-0.25, -0.2) is 23.5 Å². The van der Waals surface area contributed by atoms with E-state index in [1.165, 1.54) is 6.07 Å². The fraction of sp³-hybridized carbons (Fsp3) is 0.600. The highest BCUT2D eigenvalue weighted by Crippen LogP contribution is 2.50. The summed E-state index contributed by atoms with van der Waals surface area (Å²) in [7, 11) is -4.54. The lowest BCUT2D eigenvalue weighted by atomic mass is 9.79. The van der Waals surface area contributed by atoms with Crippen LogP contribution in [0, 0.1) is 21.4 Å². The number of fused-ring (bicyclic) bond motifs is 1. The zero-order valence-corrected chi connectivity index (χ0v) is 45.2. The Morgan fingerprint density at radius 3 is 2.03 bits per heavy atom. The van der Waals surface area contributed by atoms with Gasteiger partial charge in [-0.2, -0.15) is 34.8 Å². The summed E-state index contributed by atoms with van der Waals surface area (Å²) in [5.74, 6) is -2.80. The van der Waals surface area contributed by atoms with Crippen LogP contribution in [-0.4, -0.2) is 119 Å². The predicted molar refractivity (Wildman–Crippen MR) is 266 cm³/mol. The zero-order chi connectivity index (χ0) is 58.3. The standard InChI is InChI=1S/C38H49ClF3N5O10S.C12H10F3NO5/c1-7-21-19-37(21,32(50)46-58(52,53)57-35(6)15-16-35)45-30(48)25-17-22(55-26-18-27(54-8-2)43-28-23(26)11-9-12-24(28)39)20-47(25)31(49)29(34(3,4)5)44-33(51)56-36(13-10-14-36)38(40,41)42;13-12(14,15)11(6-1-7-11)21-10(17)20-9-4-2-8(3-5-9)16(18)19/h9,11-12,18,21-22,25,29H,7-8,10,13-17,19-20H2,1-6H3,(H,44,51)(H,45,48)(H,46,50);2-5H,1,6-7H2/t21-,22-,25+,29-,37-;/m1./s1. The summed E-state index contributed by atoms with van der Waals surface area (Å²) in [6.45, 7) is 9.89. The number of amides is 4. The van der Waals surface area contributed by atoms with E-state index in [0.717, 1.165) is 29.2 Å². The van der Waals surface area contributed by atoms with Crippen LogP contribution in [0.15, 0.2) is 48.5 Å². The van der Waals surface area contributed by atoms with E-state index in [1.54, 1.807) is 59.7 Å². The molecule has 1 saturated heterocycles. The van der Waals surface area contributed by atoms with Gasteiger partial charge in [0, 0.05) is 30.0 Å². The summed E-state index contributed by atoms with van der Waals surface area (Å²) >= 11 is 6.47. The number of nitrogens with zero attached hydrogens (tertiary/aromatic N) is 3. The first-order valence-corrected chi connectivity index (χ1v) is 27.0. The number of benzene rings is 2. The summed E-state index contributed by atoms with van der Waals surface area (Å²) in [6, 6.07) is 8.02. The normalized spacial score (nSPS) is 22.9. The number of rotatable bonds is 17. The van der Waals surface area contributed by atoms with Crippen molar-refractivity contribution in [3.05, 3.63) is 63.7 Å². The number of alkyl carbamates (subject to hydrolysis) is 1. The Labute approximate surface area is 454 Å². The number of carbonyl (C=O) groups is 5. The van der Waals surface area contributed by atoms with Crippen LogP contribution in [-0.2, 0) is 38.3 Å². The van der Waals surface area contributed by atoms with Crippen molar-refractivity contribution in [3.63, 3.8) is 0 Å². The van der Waals surface area contributed by atoms with Gasteiger partial charge in [-0.15, -0.1) is 0 Å². The van der Waals surface area contributed by atoms with Crippen LogP contribution in [0.4, 0.5) is 41.6 Å². The van der Waals surface area contributed by atoms with Gasteiger partial charge < -0.3 is 39.2 Å². The van der Waals surface area contributed by atoms with E-state index in [4.69, 9.17) is 30.0 Å². The van der Waals surface area contributed by atoms with Gasteiger partial charge in [0.25, 0.3) is 11.6 Å². The van der Waals surface area contributed by atoms with Crippen molar-refractivity contribution in [1.29, 1.82) is 0 Å². The maximum atomic E-state index is 14.6. The number of halogens is 7. The van der Waals surface area contributed by atoms with Crippen molar-refractivity contribution in [2.24, 2.45) is 11.3 Å². The van der Waals surface area contributed by atoms with Crippen LogP contribution < -0.4 is 29.6 Å². The second-order valence-electron chi connectivity index (χ2n) is 21.4. The molecule has 2 aromatic carbocycles. The Hall–Kier alpha value is -6.42. The lowest BCUT2D eigenvalue weighted by Crippen LogP contribution is -2.61. The van der Waals surface area contributed by atoms with Gasteiger partial charge in [-0.3, -0.25) is 24.5 Å². The molecule has 0 bridgehead atoms. The largest absolute Gasteiger partial charge is 0.514 e. The molecular formula is C50H59ClF6N6O15S. The Balaban J connectivity index is 0.000000359. The number of non-ortho nitro benzene ring substituents is 1. The number of carbonyl (C=O) groups excluding carboxylic acids is 5. The number of alkyl halides is 6. The Morgan fingerprint density at radius 1 is 0.911 bits per heavy atom. The molecule has 79 heavy (non-hydrogen) atoms. The Kier molecular flexibility index (Phi) is 17.0. The first kappa shape index (κ1) is 60.2. The molecule has 21 nitrogen and oxygen atoms in total. The van der Waals surface area contributed by atoms with Gasteiger partial charge in [-0.1, -0.05) is 51.8 Å². The van der Waals surface area contributed by atoms with E-state index in [-0.39, 0.29) is 68.3 Å². The molecule has 29 heteroatoms. The van der Waals surface area contributed by atoms with Crippen LogP contribution in [0.1, 0.15) is 112 Å². The van der Waals surface area contributed by atoms with Crippen molar-refractivity contribution >= 4 is 68.5 Å². The Morgan fingerprint density at radius 2 is 1.52 bits per heavy atom. The fourth-order valence-electron chi connectivity index (χ4n) is 9.33. The van der Waals surface area contributed by atoms with Crippen molar-refractivity contribution in [3.8, 4) is 17.4 Å². The van der Waals surface area contributed by atoms with Gasteiger partial charge in [0.1, 0.15) is 35.2 Å². The van der Waals surface area contributed by atoms with Gasteiger partial charge in [-0.05, 0) is 107 Å². The molecule has 5 fully saturated rings. The molecule has 4 saturated carbocycles. The second kappa shape index (κ2) is 22.3. The first-order chi connectivity index (χ1) is 36.7. The maximum Gasteiger partial charge on any atom is 0.514 e. The SMILES string of the molecule is CCOc1cc(O[C@@H]2C[C@@H](C(=O)N[C@]3(C(=O)NS(=O)(=O)OC4(C)CC4)C[C@H]3CC)N(C(=O)[C@@H](NC(=O)OC3(C(F)(F)F)CCC3)C(C)(C)C)C2)c2cccc(Cl)c2n1.O=C(Oc1ccc([N+](=O)[O-])cc1)OC1(C(F)(F)F)CCC1. The molecule has 1 aromatic heterocycles. The number of likely N-dealkylation sites (tertiary alicyclic amines) is 1. The number of pyridine rings is 1. The summed E-state index contributed by atoms with van der Waals surface area (Å²) in [5.41, 5.74) is -8.75. The third-order valence-electron chi connectivity index (χ3n) is 14.5. The number of ether oxygens (including phenoxy) is 5. The van der Waals surface area contributed by atoms with Crippen molar-refractivity contribution in [2.75, 3.05) is 13.2 Å². The van der Waals surface area contributed by atoms with Crippen molar-refractivity contribution in [1.82, 2.24) is 25.2 Å². The number of aromatic nitrogens is 1. The number of hydrogen-bond acceptors (Lipinski definition) is 16. The molecule has 1 aliphatic heterocycles. The van der Waals surface area contributed by atoms with E-state index >= 15 is 0 Å². The van der Waals surface area contributed by atoms with Crippen LogP contribution in [0.3, 0.4) is 0 Å². The number of hydrogen-bond donors (Lipinski definition) is 3. The number of nitro benzene ring substituents is 1. The van der Waals surface area contributed by atoms with Crippen molar-refractivity contribution < 1.29 is 91.5 Å². The molecular weight excluding hydrogens is 1110 g/mol. The molecule has 5 aliphatic rings. The molecule has 3 N–H and O–H groups in total. The van der Waals surface area contributed by atoms with E-state index < -0.39 is 122 Å². The fourth-order valence-corrected chi connectivity index (χ4v) is 10.7. The van der Waals surface area contributed by atoms with Gasteiger partial charge in [0.2, 0.25) is 28.9 Å². The molecule has 0 spiro atoms. The number of nitro groups is 1. The summed E-state index contributed by atoms with van der Waals surface area (Å²) < 4.78 is 139. The molecule has 434 valence electrons. The summed E-state index contributed by atoms with van der Waals surface area (Å²) in [4.78, 5) is 82.6. The smallest absolute Gasteiger partial charge is 0.488 e. The topological polar surface area (TPSA) is 270 Å². The zero-order valence-electron chi connectivity index (χ0n) is 43.6. The molecule has 0 unspecified atom stereocenters. The predicted octanol–water partition coefficient (Wildman–Crippen LogP) is 9.07. The van der Waals surface area contributed by atoms with Crippen LogP contribution in [0.5, 0.6) is 17.4 Å². The molecule has 2 heterocycles. The maximum absolute atomic E-state index is 14.6. The molecule has 4 aliphatic carbocycles. The third kappa shape index (κ3) is 13.4. The summed E-state index contributed by atoms with van der Waals surface area (Å²) in [5, 5.41) is 16.3. The number of nitrogens with one attached hydrogen (secondary N) is 3. The van der Waals surface area contributed by atoms with E-state index in [1.807, 2.05) is 4.72 Å². The highest BCUT2D eigenvalue weighted by molar-refractivity contribution is 7.85. The Bertz CT molecular complexity index is 2950.